The Morgan fingerprint density at radius 3 is 2.44 bits per heavy atom. The average molecular weight is 361 g/mol. The van der Waals surface area contributed by atoms with Crippen LogP contribution in [0.1, 0.15) is 13.1 Å². The molecule has 0 saturated carbocycles. The van der Waals surface area contributed by atoms with Crippen molar-refractivity contribution in [1.82, 2.24) is 14.5 Å². The third kappa shape index (κ3) is 2.68. The molecule has 138 valence electrons. The Bertz CT molecular complexity index is 1020. The van der Waals surface area contributed by atoms with Gasteiger partial charge in [-0.25, -0.2) is 4.79 Å². The average Bonchev–Trinajstić information content (AvgIpc) is 3.07. The zero-order valence-corrected chi connectivity index (χ0v) is 15.4. The molecule has 0 bridgehead atoms. The highest BCUT2D eigenvalue weighted by atomic mass is 16.1. The van der Waals surface area contributed by atoms with Crippen molar-refractivity contribution in [2.45, 2.75) is 19.1 Å². The van der Waals surface area contributed by atoms with E-state index in [0.29, 0.717) is 0 Å². The zero-order chi connectivity index (χ0) is 18.4. The fourth-order valence-corrected chi connectivity index (χ4v) is 4.42. The van der Waals surface area contributed by atoms with Gasteiger partial charge in [-0.05, 0) is 31.2 Å². The molecule has 27 heavy (non-hydrogen) atoms. The van der Waals surface area contributed by atoms with Crippen LogP contribution in [0.3, 0.4) is 0 Å². The van der Waals surface area contributed by atoms with Crippen LogP contribution in [0.2, 0.25) is 0 Å². The predicted octanol–water partition coefficient (Wildman–Crippen LogP) is 2.53. The fraction of sp³-hybridized carbons (Fsp3) is 0.333. The Hall–Kier alpha value is -2.86. The lowest BCUT2D eigenvalue weighted by molar-refractivity contribution is 0.126. The summed E-state index contributed by atoms with van der Waals surface area (Å²) < 4.78 is 1.85. The lowest BCUT2D eigenvalue weighted by Gasteiger charge is -2.40. The van der Waals surface area contributed by atoms with Crippen LogP contribution in [0.5, 0.6) is 0 Å². The molecule has 6 heteroatoms. The van der Waals surface area contributed by atoms with Gasteiger partial charge in [0.05, 0.1) is 11.6 Å². The number of nitrogens with one attached hydrogen (secondary N) is 1. The van der Waals surface area contributed by atoms with Gasteiger partial charge in [-0.15, -0.1) is 0 Å². The molecule has 0 aliphatic carbocycles. The van der Waals surface area contributed by atoms with Crippen LogP contribution in [0.15, 0.2) is 59.4 Å². The first kappa shape index (κ1) is 16.3. The summed E-state index contributed by atoms with van der Waals surface area (Å²) in [5.41, 5.74) is 1.85. The molecule has 2 atom stereocenters. The van der Waals surface area contributed by atoms with E-state index in [0.717, 1.165) is 42.9 Å². The topological polar surface area (TPSA) is 53.4 Å². The summed E-state index contributed by atoms with van der Waals surface area (Å²) in [7, 11) is 0. The van der Waals surface area contributed by atoms with E-state index in [2.05, 4.69) is 51.3 Å². The summed E-state index contributed by atoms with van der Waals surface area (Å²) in [6, 6.07) is 18.5. The van der Waals surface area contributed by atoms with Gasteiger partial charge in [0.2, 0.25) is 0 Å². The van der Waals surface area contributed by atoms with Crippen molar-refractivity contribution in [1.29, 1.82) is 0 Å². The van der Waals surface area contributed by atoms with Gasteiger partial charge in [0.1, 0.15) is 12.0 Å². The van der Waals surface area contributed by atoms with Crippen LogP contribution in [0.4, 0.5) is 11.5 Å². The molecule has 3 heterocycles. The number of para-hydroxylation sites is 2. The summed E-state index contributed by atoms with van der Waals surface area (Å²) >= 11 is 0. The molecule has 0 radical (unpaired) electrons. The predicted molar refractivity (Wildman–Crippen MR) is 108 cm³/mol. The SMILES string of the molecule is CC1Nc2c3ccccc3nc(=O)n2C1N1CCN(c2ccccc2)CC1. The number of hydrogen-bond acceptors (Lipinski definition) is 5. The lowest BCUT2D eigenvalue weighted by Crippen LogP contribution is -2.51. The van der Waals surface area contributed by atoms with Crippen LogP contribution < -0.4 is 15.9 Å². The van der Waals surface area contributed by atoms with Gasteiger partial charge in [-0.1, -0.05) is 30.3 Å². The van der Waals surface area contributed by atoms with E-state index >= 15 is 0 Å². The van der Waals surface area contributed by atoms with Crippen LogP contribution >= 0.6 is 0 Å². The molecule has 6 nitrogen and oxygen atoms in total. The molecule has 1 fully saturated rings. The first-order valence-corrected chi connectivity index (χ1v) is 9.54. The zero-order valence-electron chi connectivity index (χ0n) is 15.4. The van der Waals surface area contributed by atoms with Gasteiger partial charge in [-0.3, -0.25) is 9.47 Å². The minimum absolute atomic E-state index is 0.00234. The standard InChI is InChI=1S/C21H23N5O/c1-15-20(25-13-11-24(12-14-25)16-7-3-2-4-8-16)26-19(22-15)17-9-5-6-10-18(17)23-21(26)27/h2-10,15,20,22H,11-14H2,1H3. The number of piperazine rings is 1. The summed E-state index contributed by atoms with van der Waals surface area (Å²) in [6.07, 6.45) is 0.00234. The number of anilines is 2. The lowest BCUT2D eigenvalue weighted by atomic mass is 10.2. The Morgan fingerprint density at radius 1 is 0.963 bits per heavy atom. The molecular formula is C21H23N5O. The van der Waals surface area contributed by atoms with Crippen molar-refractivity contribution in [3.63, 3.8) is 0 Å². The Kier molecular flexibility index (Phi) is 3.86. The minimum atomic E-state index is -0.170. The summed E-state index contributed by atoms with van der Waals surface area (Å²) in [4.78, 5) is 21.9. The van der Waals surface area contributed by atoms with Gasteiger partial charge in [0, 0.05) is 37.3 Å². The highest BCUT2D eigenvalue weighted by Crippen LogP contribution is 2.34. The van der Waals surface area contributed by atoms with Gasteiger partial charge in [0.25, 0.3) is 0 Å². The van der Waals surface area contributed by atoms with E-state index < -0.39 is 0 Å². The van der Waals surface area contributed by atoms with Gasteiger partial charge in [-0.2, -0.15) is 4.98 Å². The van der Waals surface area contributed by atoms with E-state index in [9.17, 15) is 4.79 Å². The van der Waals surface area contributed by atoms with Crippen LogP contribution in [-0.4, -0.2) is 46.7 Å². The van der Waals surface area contributed by atoms with Crippen molar-refractivity contribution in [2.75, 3.05) is 36.4 Å². The van der Waals surface area contributed by atoms with E-state index in [1.54, 1.807) is 0 Å². The van der Waals surface area contributed by atoms with Gasteiger partial charge in [0.15, 0.2) is 0 Å². The third-order valence-electron chi connectivity index (χ3n) is 5.71. The molecule has 0 amide bonds. The van der Waals surface area contributed by atoms with E-state index in [1.807, 2.05) is 34.9 Å². The Balaban J connectivity index is 1.45. The number of hydrogen-bond donors (Lipinski definition) is 1. The number of nitrogens with zero attached hydrogens (tertiary/aromatic N) is 4. The van der Waals surface area contributed by atoms with Crippen molar-refractivity contribution in [3.05, 3.63) is 65.1 Å². The second kappa shape index (κ2) is 6.39. The molecule has 1 aromatic heterocycles. The molecular weight excluding hydrogens is 338 g/mol. The second-order valence-corrected chi connectivity index (χ2v) is 7.34. The van der Waals surface area contributed by atoms with Gasteiger partial charge < -0.3 is 10.2 Å². The first-order chi connectivity index (χ1) is 13.2. The molecule has 2 aliphatic heterocycles. The molecule has 2 aromatic carbocycles. The maximum Gasteiger partial charge on any atom is 0.351 e. The summed E-state index contributed by atoms with van der Waals surface area (Å²) in [5, 5.41) is 4.55. The third-order valence-corrected chi connectivity index (χ3v) is 5.71. The molecule has 0 spiro atoms. The van der Waals surface area contributed by atoms with Crippen LogP contribution in [0, 0.1) is 0 Å². The van der Waals surface area contributed by atoms with Crippen molar-refractivity contribution < 1.29 is 0 Å². The quantitative estimate of drug-likeness (QED) is 0.760. The normalized spacial score (nSPS) is 22.6. The highest BCUT2D eigenvalue weighted by molar-refractivity contribution is 5.89. The van der Waals surface area contributed by atoms with Crippen LogP contribution in [-0.2, 0) is 0 Å². The van der Waals surface area contributed by atoms with Crippen molar-refractivity contribution >= 4 is 22.4 Å². The molecule has 5 rings (SSSR count). The molecule has 1 saturated heterocycles. The monoisotopic (exact) mass is 361 g/mol. The molecule has 2 unspecified atom stereocenters. The number of aromatic nitrogens is 2. The number of benzene rings is 2. The van der Waals surface area contributed by atoms with Crippen molar-refractivity contribution in [2.24, 2.45) is 0 Å². The van der Waals surface area contributed by atoms with Crippen molar-refractivity contribution in [3.8, 4) is 0 Å². The van der Waals surface area contributed by atoms with Crippen LogP contribution in [0.25, 0.3) is 10.9 Å². The maximum atomic E-state index is 12.8. The smallest absolute Gasteiger partial charge is 0.351 e. The Morgan fingerprint density at radius 2 is 1.67 bits per heavy atom. The van der Waals surface area contributed by atoms with Gasteiger partial charge >= 0.3 is 5.69 Å². The van der Waals surface area contributed by atoms with E-state index in [4.69, 9.17) is 0 Å². The summed E-state index contributed by atoms with van der Waals surface area (Å²) in [5.74, 6) is 0.897. The van der Waals surface area contributed by atoms with E-state index in [1.165, 1.54) is 5.69 Å². The number of fused-ring (bicyclic) bond motifs is 3. The molecule has 2 aliphatic rings. The second-order valence-electron chi connectivity index (χ2n) is 7.34. The van der Waals surface area contributed by atoms with E-state index in [-0.39, 0.29) is 17.9 Å². The molecule has 3 aromatic rings. The summed E-state index contributed by atoms with van der Waals surface area (Å²) in [6.45, 7) is 5.90. The highest BCUT2D eigenvalue weighted by Gasteiger charge is 2.37. The fourth-order valence-electron chi connectivity index (χ4n) is 4.42. The minimum Gasteiger partial charge on any atom is -0.369 e. The first-order valence-electron chi connectivity index (χ1n) is 9.54. The maximum absolute atomic E-state index is 12.8. The Labute approximate surface area is 158 Å². The largest absolute Gasteiger partial charge is 0.369 e. The number of rotatable bonds is 2. The molecule has 1 N–H and O–H groups in total.